The molecule has 1 rings (SSSR count). The van der Waals surface area contributed by atoms with Crippen molar-refractivity contribution in [1.29, 1.82) is 0 Å². The predicted octanol–water partition coefficient (Wildman–Crippen LogP) is 4.33. The summed E-state index contributed by atoms with van der Waals surface area (Å²) in [6.45, 7) is 8.82. The fourth-order valence-corrected chi connectivity index (χ4v) is 2.18. The Morgan fingerprint density at radius 3 is 2.25 bits per heavy atom. The Labute approximate surface area is 98.9 Å². The lowest BCUT2D eigenvalue weighted by Gasteiger charge is -2.22. The molecule has 0 fully saturated rings. The van der Waals surface area contributed by atoms with Crippen molar-refractivity contribution in [1.82, 2.24) is 0 Å². The predicted molar refractivity (Wildman–Crippen MR) is 68.6 cm³/mol. The fraction of sp³-hybridized carbons (Fsp3) is 0.533. The molecule has 1 heteroatoms. The zero-order valence-corrected chi connectivity index (χ0v) is 10.8. The van der Waals surface area contributed by atoms with Crippen molar-refractivity contribution in [3.05, 3.63) is 35.9 Å². The van der Waals surface area contributed by atoms with Gasteiger partial charge in [-0.1, -0.05) is 58.0 Å². The molecule has 0 spiro atoms. The summed E-state index contributed by atoms with van der Waals surface area (Å²) < 4.78 is 0. The third kappa shape index (κ3) is 4.61. The second-order valence-electron chi connectivity index (χ2n) is 5.86. The van der Waals surface area contributed by atoms with Gasteiger partial charge in [0.15, 0.2) is 5.78 Å². The smallest absolute Gasteiger partial charge is 0.163 e. The van der Waals surface area contributed by atoms with E-state index in [9.17, 15) is 4.79 Å². The molecule has 0 aliphatic heterocycles. The maximum atomic E-state index is 11.9. The van der Waals surface area contributed by atoms with Crippen LogP contribution in [0.4, 0.5) is 0 Å². The second-order valence-corrected chi connectivity index (χ2v) is 5.86. The number of ketones is 1. The van der Waals surface area contributed by atoms with Crippen LogP contribution in [0.3, 0.4) is 0 Å². The molecule has 0 aliphatic rings. The third-order valence-electron chi connectivity index (χ3n) is 2.59. The van der Waals surface area contributed by atoms with Crippen LogP contribution in [0.5, 0.6) is 0 Å². The Hall–Kier alpha value is -1.11. The Morgan fingerprint density at radius 2 is 1.75 bits per heavy atom. The van der Waals surface area contributed by atoms with Gasteiger partial charge in [0.1, 0.15) is 0 Å². The van der Waals surface area contributed by atoms with Crippen LogP contribution < -0.4 is 0 Å². The minimum Gasteiger partial charge on any atom is -0.294 e. The number of Topliss-reactive ketones (excluding diaryl/α,β-unsaturated/α-hetero) is 1. The van der Waals surface area contributed by atoms with E-state index < -0.39 is 0 Å². The van der Waals surface area contributed by atoms with E-state index in [0.717, 1.165) is 12.0 Å². The molecule has 0 saturated heterocycles. The van der Waals surface area contributed by atoms with Gasteiger partial charge in [0.05, 0.1) is 0 Å². The Balaban J connectivity index is 2.53. The van der Waals surface area contributed by atoms with Gasteiger partial charge < -0.3 is 0 Å². The highest BCUT2D eigenvalue weighted by molar-refractivity contribution is 5.96. The molecule has 88 valence electrons. The summed E-state index contributed by atoms with van der Waals surface area (Å²) in [5, 5.41) is 0. The lowest BCUT2D eigenvalue weighted by atomic mass is 9.83. The molecule has 0 aliphatic carbocycles. The molecule has 1 aromatic rings. The Bertz CT molecular complexity index is 332. The number of hydrogen-bond donors (Lipinski definition) is 0. The molecule has 0 N–H and O–H groups in total. The van der Waals surface area contributed by atoms with Crippen LogP contribution in [0.15, 0.2) is 30.3 Å². The van der Waals surface area contributed by atoms with Gasteiger partial charge in [-0.05, 0) is 17.8 Å². The molecular weight excluding hydrogens is 196 g/mol. The zero-order valence-electron chi connectivity index (χ0n) is 10.8. The Kier molecular flexibility index (Phi) is 4.28. The number of carbonyl (C=O) groups is 1. The van der Waals surface area contributed by atoms with E-state index in [1.54, 1.807) is 0 Å². The fourth-order valence-electron chi connectivity index (χ4n) is 2.18. The topological polar surface area (TPSA) is 17.1 Å². The molecule has 1 atom stereocenters. The maximum absolute atomic E-state index is 11.9. The van der Waals surface area contributed by atoms with Gasteiger partial charge in [-0.25, -0.2) is 0 Å². The number of hydrogen-bond acceptors (Lipinski definition) is 1. The molecular formula is C15H22O. The van der Waals surface area contributed by atoms with Crippen molar-refractivity contribution in [2.75, 3.05) is 0 Å². The van der Waals surface area contributed by atoms with Gasteiger partial charge in [0.25, 0.3) is 0 Å². The van der Waals surface area contributed by atoms with Crippen LogP contribution in [-0.4, -0.2) is 5.78 Å². The minimum atomic E-state index is 0.261. The summed E-state index contributed by atoms with van der Waals surface area (Å²) >= 11 is 0. The van der Waals surface area contributed by atoms with Gasteiger partial charge in [0, 0.05) is 12.0 Å². The second kappa shape index (κ2) is 5.29. The van der Waals surface area contributed by atoms with Crippen molar-refractivity contribution in [2.45, 2.75) is 40.5 Å². The summed E-state index contributed by atoms with van der Waals surface area (Å²) in [7, 11) is 0. The van der Waals surface area contributed by atoms with E-state index in [1.807, 2.05) is 30.3 Å². The van der Waals surface area contributed by atoms with E-state index in [2.05, 4.69) is 27.7 Å². The van der Waals surface area contributed by atoms with Crippen molar-refractivity contribution < 1.29 is 4.79 Å². The minimum absolute atomic E-state index is 0.261. The van der Waals surface area contributed by atoms with Crippen LogP contribution >= 0.6 is 0 Å². The lowest BCUT2D eigenvalue weighted by molar-refractivity contribution is 0.0954. The average molecular weight is 218 g/mol. The molecule has 0 radical (unpaired) electrons. The van der Waals surface area contributed by atoms with E-state index >= 15 is 0 Å². The van der Waals surface area contributed by atoms with Crippen molar-refractivity contribution in [3.63, 3.8) is 0 Å². The molecule has 16 heavy (non-hydrogen) atoms. The first-order chi connectivity index (χ1) is 7.38. The summed E-state index contributed by atoms with van der Waals surface area (Å²) in [6, 6.07) is 9.57. The number of carbonyl (C=O) groups excluding carboxylic acids is 1. The largest absolute Gasteiger partial charge is 0.294 e. The summed E-state index contributed by atoms with van der Waals surface area (Å²) in [6.07, 6.45) is 1.74. The molecule has 0 aromatic heterocycles. The molecule has 1 aromatic carbocycles. The van der Waals surface area contributed by atoms with Gasteiger partial charge in [0.2, 0.25) is 0 Å². The van der Waals surface area contributed by atoms with Crippen molar-refractivity contribution in [2.24, 2.45) is 11.3 Å². The van der Waals surface area contributed by atoms with Crippen molar-refractivity contribution >= 4 is 5.78 Å². The van der Waals surface area contributed by atoms with Crippen LogP contribution in [0.25, 0.3) is 0 Å². The van der Waals surface area contributed by atoms with E-state index in [1.165, 1.54) is 0 Å². The normalized spacial score (nSPS) is 13.5. The highest BCUT2D eigenvalue weighted by atomic mass is 16.1. The zero-order chi connectivity index (χ0) is 12.2. The highest BCUT2D eigenvalue weighted by Gasteiger charge is 2.18. The summed E-state index contributed by atoms with van der Waals surface area (Å²) in [4.78, 5) is 11.9. The molecule has 0 bridgehead atoms. The average Bonchev–Trinajstić information content (AvgIpc) is 2.16. The molecule has 1 nitrogen and oxygen atoms in total. The van der Waals surface area contributed by atoms with Crippen LogP contribution in [0.2, 0.25) is 0 Å². The summed E-state index contributed by atoms with van der Waals surface area (Å²) in [5.41, 5.74) is 1.14. The van der Waals surface area contributed by atoms with Gasteiger partial charge in [-0.2, -0.15) is 0 Å². The quantitative estimate of drug-likeness (QED) is 0.687. The van der Waals surface area contributed by atoms with Crippen molar-refractivity contribution in [3.8, 4) is 0 Å². The number of rotatable bonds is 4. The van der Waals surface area contributed by atoms with Gasteiger partial charge >= 0.3 is 0 Å². The van der Waals surface area contributed by atoms with E-state index in [0.29, 0.717) is 17.8 Å². The molecule has 0 amide bonds. The first kappa shape index (κ1) is 13.0. The first-order valence-electron chi connectivity index (χ1n) is 5.97. The Morgan fingerprint density at radius 1 is 1.19 bits per heavy atom. The summed E-state index contributed by atoms with van der Waals surface area (Å²) in [5.74, 6) is 0.713. The lowest BCUT2D eigenvalue weighted by Crippen LogP contribution is -2.14. The molecule has 0 heterocycles. The van der Waals surface area contributed by atoms with Crippen LogP contribution in [-0.2, 0) is 0 Å². The van der Waals surface area contributed by atoms with E-state index in [-0.39, 0.29) is 5.78 Å². The molecule has 0 saturated carbocycles. The SMILES string of the molecule is C[C@@H](CC(=O)c1ccccc1)CC(C)(C)C. The van der Waals surface area contributed by atoms with Crippen LogP contribution in [0.1, 0.15) is 50.9 Å². The monoisotopic (exact) mass is 218 g/mol. The van der Waals surface area contributed by atoms with Crippen LogP contribution in [0, 0.1) is 11.3 Å². The number of benzene rings is 1. The standard InChI is InChI=1S/C15H22O/c1-12(11-15(2,3)4)10-14(16)13-8-6-5-7-9-13/h5-9,12H,10-11H2,1-4H3/t12-/m0/s1. The maximum Gasteiger partial charge on any atom is 0.163 e. The highest BCUT2D eigenvalue weighted by Crippen LogP contribution is 2.26. The van der Waals surface area contributed by atoms with Gasteiger partial charge in [-0.15, -0.1) is 0 Å². The van der Waals surface area contributed by atoms with Gasteiger partial charge in [-0.3, -0.25) is 4.79 Å². The first-order valence-corrected chi connectivity index (χ1v) is 5.97. The molecule has 0 unspecified atom stereocenters. The third-order valence-corrected chi connectivity index (χ3v) is 2.59. The van der Waals surface area contributed by atoms with E-state index in [4.69, 9.17) is 0 Å².